The van der Waals surface area contributed by atoms with Crippen LogP contribution in [0.3, 0.4) is 0 Å². The Morgan fingerprint density at radius 3 is 2.08 bits per heavy atom. The number of aliphatic hydroxyl groups is 1. The molecule has 4 rings (SSSR count). The highest BCUT2D eigenvalue weighted by Crippen LogP contribution is 2.39. The van der Waals surface area contributed by atoms with Crippen LogP contribution in [-0.2, 0) is 19.2 Å². The van der Waals surface area contributed by atoms with Crippen LogP contribution in [0.15, 0.2) is 29.6 Å². The third-order valence-electron chi connectivity index (χ3n) is 7.23. The summed E-state index contributed by atoms with van der Waals surface area (Å²) in [6, 6.07) is 8.07. The number of benzene rings is 1. The summed E-state index contributed by atoms with van der Waals surface area (Å²) in [5.41, 5.74) is -0.460. The second-order valence-corrected chi connectivity index (χ2v) is 11.4. The minimum absolute atomic E-state index is 0.258. The molecule has 0 aliphatic carbocycles. The minimum atomic E-state index is -2.74. The van der Waals surface area contributed by atoms with Gasteiger partial charge in [-0.05, 0) is 48.0 Å². The van der Waals surface area contributed by atoms with E-state index in [0.29, 0.717) is 12.5 Å². The third-order valence-corrected chi connectivity index (χ3v) is 8.01. The van der Waals surface area contributed by atoms with Crippen LogP contribution in [-0.4, -0.2) is 102 Å². The van der Waals surface area contributed by atoms with E-state index in [2.05, 4.69) is 33.5 Å². The van der Waals surface area contributed by atoms with E-state index in [9.17, 15) is 19.2 Å². The van der Waals surface area contributed by atoms with Gasteiger partial charge in [-0.2, -0.15) is 0 Å². The van der Waals surface area contributed by atoms with Gasteiger partial charge in [-0.3, -0.25) is 19.3 Å². The number of carbonyl (C=O) groups excluding carboxylic acids is 1. The first-order chi connectivity index (χ1) is 18.9. The lowest BCUT2D eigenvalue weighted by atomic mass is 9.87. The summed E-state index contributed by atoms with van der Waals surface area (Å²) < 4.78 is 4.05. The van der Waals surface area contributed by atoms with Gasteiger partial charge in [0.1, 0.15) is 0 Å². The van der Waals surface area contributed by atoms with Gasteiger partial charge in [-0.25, -0.2) is 4.79 Å². The lowest BCUT2D eigenvalue weighted by molar-refractivity contribution is -0.170. The number of carboxylic acid groups (broad SMARTS) is 3. The van der Waals surface area contributed by atoms with Crippen molar-refractivity contribution in [2.75, 3.05) is 32.7 Å². The zero-order chi connectivity index (χ0) is 29.4. The molecular weight excluding hydrogens is 564 g/mol. The molecule has 4 N–H and O–H groups in total. The van der Waals surface area contributed by atoms with Gasteiger partial charge in [-0.15, -0.1) is 5.10 Å². The standard InChI is InChI=1S/C20H25ClN4OS.C6H8O7/c1-14-6-8-25(9-7-14)20(26)12-24-10-17(15-2-4-16(21)5-3-15)18(11-24)19-13-27-23-22-19;7-3(8)1-6(13,5(11)12)2-4(9)10/h2-5,13-14,17-18H,6-12H2,1H3;13H,1-2H2,(H,7,8)(H,9,10)(H,11,12)/t17-,18+;/m1./s1. The van der Waals surface area contributed by atoms with Crippen molar-refractivity contribution in [3.05, 3.63) is 45.9 Å². The topological polar surface area (TPSA) is 181 Å². The molecule has 2 fully saturated rings. The molecule has 1 amide bonds. The van der Waals surface area contributed by atoms with Crippen molar-refractivity contribution in [3.8, 4) is 0 Å². The molecule has 218 valence electrons. The van der Waals surface area contributed by atoms with Crippen molar-refractivity contribution < 1.29 is 39.6 Å². The van der Waals surface area contributed by atoms with Crippen molar-refractivity contribution in [1.29, 1.82) is 0 Å². The molecule has 40 heavy (non-hydrogen) atoms. The Morgan fingerprint density at radius 2 is 1.57 bits per heavy atom. The van der Waals surface area contributed by atoms with Crippen LogP contribution in [0.2, 0.25) is 5.02 Å². The van der Waals surface area contributed by atoms with Crippen LogP contribution in [0, 0.1) is 5.92 Å². The van der Waals surface area contributed by atoms with E-state index >= 15 is 0 Å². The smallest absolute Gasteiger partial charge is 0.336 e. The number of likely N-dealkylation sites (tertiary alicyclic amines) is 2. The summed E-state index contributed by atoms with van der Waals surface area (Å²) >= 11 is 7.46. The fourth-order valence-corrected chi connectivity index (χ4v) is 5.60. The number of carboxylic acids is 3. The van der Waals surface area contributed by atoms with Crippen molar-refractivity contribution in [3.63, 3.8) is 0 Å². The Labute approximate surface area is 240 Å². The van der Waals surface area contributed by atoms with Crippen molar-refractivity contribution in [1.82, 2.24) is 19.4 Å². The monoisotopic (exact) mass is 596 g/mol. The van der Waals surface area contributed by atoms with Gasteiger partial charge < -0.3 is 25.3 Å². The number of rotatable bonds is 9. The number of halogens is 1. The van der Waals surface area contributed by atoms with E-state index in [0.717, 1.165) is 55.7 Å². The Balaban J connectivity index is 0.000000289. The molecule has 0 unspecified atom stereocenters. The molecule has 2 saturated heterocycles. The van der Waals surface area contributed by atoms with E-state index in [-0.39, 0.29) is 11.8 Å². The Bertz CT molecular complexity index is 1160. The molecule has 2 aliphatic heterocycles. The summed E-state index contributed by atoms with van der Waals surface area (Å²) in [5.74, 6) is -3.46. The second kappa shape index (κ2) is 14.0. The average molecular weight is 597 g/mol. The molecule has 0 spiro atoms. The van der Waals surface area contributed by atoms with Gasteiger partial charge in [0, 0.05) is 48.4 Å². The summed E-state index contributed by atoms with van der Waals surface area (Å²) in [6.07, 6.45) is -0.0538. The number of nitrogens with zero attached hydrogens (tertiary/aromatic N) is 4. The van der Waals surface area contributed by atoms with Crippen molar-refractivity contribution in [2.45, 2.75) is 50.0 Å². The van der Waals surface area contributed by atoms with Gasteiger partial charge in [0.15, 0.2) is 5.60 Å². The summed E-state index contributed by atoms with van der Waals surface area (Å²) in [7, 11) is 0. The molecule has 3 heterocycles. The molecule has 0 bridgehead atoms. The Kier molecular flexibility index (Phi) is 11.0. The minimum Gasteiger partial charge on any atom is -0.481 e. The highest BCUT2D eigenvalue weighted by Gasteiger charge is 2.41. The van der Waals surface area contributed by atoms with Crippen LogP contribution in [0.25, 0.3) is 0 Å². The van der Waals surface area contributed by atoms with E-state index in [1.165, 1.54) is 17.1 Å². The number of carbonyl (C=O) groups is 4. The number of hydrogen-bond acceptors (Lipinski definition) is 9. The zero-order valence-electron chi connectivity index (χ0n) is 22.0. The summed E-state index contributed by atoms with van der Waals surface area (Å²) in [4.78, 5) is 47.6. The van der Waals surface area contributed by atoms with Crippen LogP contribution in [0.4, 0.5) is 0 Å². The fraction of sp³-hybridized carbons (Fsp3) is 0.538. The maximum Gasteiger partial charge on any atom is 0.336 e. The van der Waals surface area contributed by atoms with Crippen molar-refractivity contribution >= 4 is 46.9 Å². The van der Waals surface area contributed by atoms with E-state index < -0.39 is 36.4 Å². The van der Waals surface area contributed by atoms with Crippen LogP contribution < -0.4 is 0 Å². The Morgan fingerprint density at radius 1 is 1.00 bits per heavy atom. The summed E-state index contributed by atoms with van der Waals surface area (Å²) in [5, 5.41) is 40.9. The fourth-order valence-electron chi connectivity index (χ4n) is 4.96. The molecular formula is C26H33ClN4O8S. The highest BCUT2D eigenvalue weighted by atomic mass is 35.5. The normalized spacial score (nSPS) is 20.0. The summed E-state index contributed by atoms with van der Waals surface area (Å²) in [6.45, 7) is 6.26. The largest absolute Gasteiger partial charge is 0.481 e. The molecule has 0 radical (unpaired) electrons. The number of amides is 1. The molecule has 2 aromatic rings. The predicted octanol–water partition coefficient (Wildman–Crippen LogP) is 2.38. The van der Waals surface area contributed by atoms with Gasteiger partial charge in [0.25, 0.3) is 0 Å². The van der Waals surface area contributed by atoms with Gasteiger partial charge >= 0.3 is 17.9 Å². The first-order valence-electron chi connectivity index (χ1n) is 12.8. The third kappa shape index (κ3) is 8.68. The SMILES string of the molecule is CC1CCN(C(=O)CN2C[C@H](c3ccc(Cl)cc3)[C@@H](c3csnn3)C2)CC1.O=C(O)CC(O)(CC(=O)O)C(=O)O. The second-order valence-electron chi connectivity index (χ2n) is 10.3. The number of aliphatic carboxylic acids is 3. The first kappa shape index (κ1) is 31.4. The molecule has 2 aliphatic rings. The molecule has 12 nitrogen and oxygen atoms in total. The lowest BCUT2D eigenvalue weighted by Gasteiger charge is -2.31. The van der Waals surface area contributed by atoms with Gasteiger partial charge in [-0.1, -0.05) is 35.1 Å². The molecule has 2 atom stereocenters. The molecule has 1 aromatic heterocycles. The Hall–Kier alpha value is -3.13. The molecule has 1 aromatic carbocycles. The lowest BCUT2D eigenvalue weighted by Crippen LogP contribution is -2.43. The van der Waals surface area contributed by atoms with E-state index in [4.69, 9.17) is 32.0 Å². The quantitative estimate of drug-likeness (QED) is 0.333. The number of hydrogen-bond donors (Lipinski definition) is 4. The average Bonchev–Trinajstić information content (AvgIpc) is 3.54. The van der Waals surface area contributed by atoms with Crippen LogP contribution >= 0.6 is 23.1 Å². The van der Waals surface area contributed by atoms with Crippen molar-refractivity contribution in [2.24, 2.45) is 5.92 Å². The van der Waals surface area contributed by atoms with Crippen LogP contribution in [0.1, 0.15) is 55.7 Å². The molecule has 14 heteroatoms. The highest BCUT2D eigenvalue weighted by molar-refractivity contribution is 7.03. The number of piperidine rings is 1. The number of aromatic nitrogens is 2. The van der Waals surface area contributed by atoms with Gasteiger partial charge in [0.2, 0.25) is 5.91 Å². The van der Waals surface area contributed by atoms with E-state index in [1.807, 2.05) is 22.4 Å². The van der Waals surface area contributed by atoms with Gasteiger partial charge in [0.05, 0.1) is 25.1 Å². The van der Waals surface area contributed by atoms with E-state index in [1.54, 1.807) is 0 Å². The maximum atomic E-state index is 12.8. The molecule has 0 saturated carbocycles. The van der Waals surface area contributed by atoms with Crippen LogP contribution in [0.5, 0.6) is 0 Å². The first-order valence-corrected chi connectivity index (χ1v) is 14.0. The predicted molar refractivity (Wildman–Crippen MR) is 145 cm³/mol. The maximum absolute atomic E-state index is 12.8. The zero-order valence-corrected chi connectivity index (χ0v) is 23.6.